The molecule has 3 heterocycles. The fourth-order valence-corrected chi connectivity index (χ4v) is 4.07. The van der Waals surface area contributed by atoms with E-state index in [-0.39, 0.29) is 11.7 Å². The van der Waals surface area contributed by atoms with Crippen molar-refractivity contribution in [2.75, 3.05) is 11.1 Å². The van der Waals surface area contributed by atoms with Gasteiger partial charge in [-0.1, -0.05) is 25.6 Å². The van der Waals surface area contributed by atoms with Crippen LogP contribution in [0.3, 0.4) is 0 Å². The molecule has 0 spiro atoms. The summed E-state index contributed by atoms with van der Waals surface area (Å²) in [6.07, 6.45) is 1.64. The van der Waals surface area contributed by atoms with Crippen LogP contribution in [0.15, 0.2) is 39.4 Å². The number of rotatable bonds is 6. The van der Waals surface area contributed by atoms with Crippen molar-refractivity contribution in [2.45, 2.75) is 24.9 Å². The molecule has 1 N–H and O–H groups in total. The van der Waals surface area contributed by atoms with E-state index in [1.165, 1.54) is 16.6 Å². The second kappa shape index (κ2) is 8.32. The molecule has 0 bridgehead atoms. The highest BCUT2D eigenvalue weighted by molar-refractivity contribution is 9.10. The Morgan fingerprint density at radius 1 is 1.38 bits per heavy atom. The highest BCUT2D eigenvalue weighted by Gasteiger charge is 2.15. The standard InChI is InChI=1S/C17H18BrN5OS2/c1-10(2)13-6-11(8-25-13)16-21-22-17(23(16)3)26-9-15(24)20-14-5-4-12(18)7-19-14/h4-8,10H,9H2,1-3H3,(H,19,20,24). The molecular weight excluding hydrogens is 434 g/mol. The zero-order chi connectivity index (χ0) is 18.7. The smallest absolute Gasteiger partial charge is 0.236 e. The maximum Gasteiger partial charge on any atom is 0.236 e. The maximum atomic E-state index is 12.1. The van der Waals surface area contributed by atoms with E-state index in [0.717, 1.165) is 15.9 Å². The van der Waals surface area contributed by atoms with E-state index in [1.54, 1.807) is 23.6 Å². The molecule has 1 amide bonds. The first-order valence-corrected chi connectivity index (χ1v) is 10.6. The minimum Gasteiger partial charge on any atom is -0.310 e. The van der Waals surface area contributed by atoms with E-state index in [0.29, 0.717) is 16.9 Å². The Kier molecular flexibility index (Phi) is 6.10. The summed E-state index contributed by atoms with van der Waals surface area (Å²) < 4.78 is 2.78. The quantitative estimate of drug-likeness (QED) is 0.556. The number of thiophene rings is 1. The van der Waals surface area contributed by atoms with Gasteiger partial charge >= 0.3 is 0 Å². The van der Waals surface area contributed by atoms with Gasteiger partial charge in [0.15, 0.2) is 11.0 Å². The molecule has 0 fully saturated rings. The zero-order valence-corrected chi connectivity index (χ0v) is 17.8. The topological polar surface area (TPSA) is 72.7 Å². The number of carbonyl (C=O) groups excluding carboxylic acids is 1. The molecule has 0 saturated heterocycles. The Hall–Kier alpha value is -1.71. The first-order valence-electron chi connectivity index (χ1n) is 7.96. The van der Waals surface area contributed by atoms with Gasteiger partial charge < -0.3 is 9.88 Å². The summed E-state index contributed by atoms with van der Waals surface area (Å²) in [7, 11) is 1.92. The normalized spacial score (nSPS) is 11.1. The van der Waals surface area contributed by atoms with E-state index < -0.39 is 0 Å². The molecule has 0 radical (unpaired) electrons. The summed E-state index contributed by atoms with van der Waals surface area (Å²) in [5.74, 6) is 1.94. The van der Waals surface area contributed by atoms with Crippen LogP contribution in [0.2, 0.25) is 0 Å². The molecule has 9 heteroatoms. The summed E-state index contributed by atoms with van der Waals surface area (Å²) in [6.45, 7) is 4.35. The number of halogens is 1. The Bertz CT molecular complexity index is 904. The number of amides is 1. The van der Waals surface area contributed by atoms with Crippen LogP contribution in [0.25, 0.3) is 11.4 Å². The van der Waals surface area contributed by atoms with Crippen LogP contribution in [0, 0.1) is 0 Å². The van der Waals surface area contributed by atoms with Crippen LogP contribution in [-0.4, -0.2) is 31.4 Å². The third-order valence-corrected chi connectivity index (χ3v) is 6.33. The largest absolute Gasteiger partial charge is 0.310 e. The number of carbonyl (C=O) groups is 1. The Morgan fingerprint density at radius 2 is 2.19 bits per heavy atom. The molecule has 0 unspecified atom stereocenters. The molecule has 3 aromatic rings. The van der Waals surface area contributed by atoms with Gasteiger partial charge in [-0.15, -0.1) is 21.5 Å². The number of anilines is 1. The molecule has 26 heavy (non-hydrogen) atoms. The Morgan fingerprint density at radius 3 is 2.85 bits per heavy atom. The molecule has 3 rings (SSSR count). The minimum absolute atomic E-state index is 0.132. The summed E-state index contributed by atoms with van der Waals surface area (Å²) in [5.41, 5.74) is 1.06. The second-order valence-electron chi connectivity index (χ2n) is 5.96. The number of thioether (sulfide) groups is 1. The molecule has 6 nitrogen and oxygen atoms in total. The Labute approximate surface area is 168 Å². The van der Waals surface area contributed by atoms with E-state index in [1.807, 2.05) is 17.7 Å². The van der Waals surface area contributed by atoms with Gasteiger partial charge in [0.2, 0.25) is 5.91 Å². The van der Waals surface area contributed by atoms with E-state index >= 15 is 0 Å². The van der Waals surface area contributed by atoms with E-state index in [2.05, 4.69) is 61.7 Å². The molecule has 136 valence electrons. The van der Waals surface area contributed by atoms with Crippen molar-refractivity contribution in [1.29, 1.82) is 0 Å². The number of pyridine rings is 1. The number of aromatic nitrogens is 4. The van der Waals surface area contributed by atoms with Gasteiger partial charge in [0.05, 0.1) is 5.75 Å². The second-order valence-corrected chi connectivity index (χ2v) is 8.76. The number of nitrogens with one attached hydrogen (secondary N) is 1. The van der Waals surface area contributed by atoms with Gasteiger partial charge in [-0.25, -0.2) is 4.98 Å². The fraction of sp³-hybridized carbons (Fsp3) is 0.294. The Balaban J connectivity index is 1.62. The molecule has 0 aliphatic rings. The lowest BCUT2D eigenvalue weighted by molar-refractivity contribution is -0.113. The van der Waals surface area contributed by atoms with Crippen LogP contribution >= 0.6 is 39.0 Å². The first kappa shape index (κ1) is 19.1. The lowest BCUT2D eigenvalue weighted by atomic mass is 10.1. The van der Waals surface area contributed by atoms with Crippen molar-refractivity contribution in [3.05, 3.63) is 39.1 Å². The lowest BCUT2D eigenvalue weighted by Gasteiger charge is -2.05. The van der Waals surface area contributed by atoms with Gasteiger partial charge in [0.1, 0.15) is 5.82 Å². The fourth-order valence-electron chi connectivity index (χ4n) is 2.22. The van der Waals surface area contributed by atoms with Gasteiger partial charge in [-0.3, -0.25) is 4.79 Å². The predicted molar refractivity (Wildman–Crippen MR) is 110 cm³/mol. The molecule has 0 atom stereocenters. The van der Waals surface area contributed by atoms with Crippen LogP contribution < -0.4 is 5.32 Å². The molecule has 0 aliphatic carbocycles. The van der Waals surface area contributed by atoms with Crippen molar-refractivity contribution in [1.82, 2.24) is 19.7 Å². The monoisotopic (exact) mass is 451 g/mol. The first-order chi connectivity index (χ1) is 12.4. The lowest BCUT2D eigenvalue weighted by Crippen LogP contribution is -2.15. The maximum absolute atomic E-state index is 12.1. The highest BCUT2D eigenvalue weighted by Crippen LogP contribution is 2.30. The molecule has 0 aliphatic heterocycles. The average Bonchev–Trinajstić information content (AvgIpc) is 3.22. The van der Waals surface area contributed by atoms with Gasteiger partial charge in [-0.2, -0.15) is 0 Å². The van der Waals surface area contributed by atoms with Crippen molar-refractivity contribution in [3.63, 3.8) is 0 Å². The van der Waals surface area contributed by atoms with E-state index in [9.17, 15) is 4.79 Å². The summed E-state index contributed by atoms with van der Waals surface area (Å²) >= 11 is 6.39. The third-order valence-electron chi connectivity index (χ3n) is 3.61. The van der Waals surface area contributed by atoms with E-state index in [4.69, 9.17) is 0 Å². The van der Waals surface area contributed by atoms with Crippen molar-refractivity contribution in [3.8, 4) is 11.4 Å². The molecular formula is C17H18BrN5OS2. The van der Waals surface area contributed by atoms with Crippen molar-refractivity contribution >= 4 is 50.8 Å². The average molecular weight is 452 g/mol. The summed E-state index contributed by atoms with van der Waals surface area (Å²) in [4.78, 5) is 17.5. The highest BCUT2D eigenvalue weighted by atomic mass is 79.9. The zero-order valence-electron chi connectivity index (χ0n) is 14.6. The molecule has 3 aromatic heterocycles. The summed E-state index contributed by atoms with van der Waals surface area (Å²) in [6, 6.07) is 5.73. The van der Waals surface area contributed by atoms with Crippen LogP contribution in [0.4, 0.5) is 5.82 Å². The SMILES string of the molecule is CC(C)c1cc(-c2nnc(SCC(=O)Nc3ccc(Br)cn3)n2C)cs1. The number of hydrogen-bond acceptors (Lipinski definition) is 6. The van der Waals surface area contributed by atoms with Gasteiger partial charge in [0.25, 0.3) is 0 Å². The minimum atomic E-state index is -0.132. The third kappa shape index (κ3) is 4.52. The van der Waals surface area contributed by atoms with Crippen LogP contribution in [0.5, 0.6) is 0 Å². The van der Waals surface area contributed by atoms with Gasteiger partial charge in [0, 0.05) is 33.5 Å². The van der Waals surface area contributed by atoms with Gasteiger partial charge in [-0.05, 0) is 40.0 Å². The van der Waals surface area contributed by atoms with Crippen LogP contribution in [0.1, 0.15) is 24.6 Å². The molecule has 0 aromatic carbocycles. The number of hydrogen-bond donors (Lipinski definition) is 1. The van der Waals surface area contributed by atoms with Crippen LogP contribution in [-0.2, 0) is 11.8 Å². The molecule has 0 saturated carbocycles. The van der Waals surface area contributed by atoms with Crippen molar-refractivity contribution < 1.29 is 4.79 Å². The number of nitrogens with zero attached hydrogens (tertiary/aromatic N) is 4. The van der Waals surface area contributed by atoms with Crippen molar-refractivity contribution in [2.24, 2.45) is 7.05 Å². The predicted octanol–water partition coefficient (Wildman–Crippen LogP) is 4.56. The summed E-state index contributed by atoms with van der Waals surface area (Å²) in [5, 5.41) is 14.1.